The fourth-order valence-electron chi connectivity index (χ4n) is 2.74. The minimum absolute atomic E-state index is 0.0161. The number of hydrogen-bond acceptors (Lipinski definition) is 4. The molecule has 0 bridgehead atoms. The maximum atomic E-state index is 6.10. The molecular formula is C13H18ClN7. The Balaban J connectivity index is 2.27. The maximum Gasteiger partial charge on any atom is 0.159 e. The van der Waals surface area contributed by atoms with Gasteiger partial charge in [0, 0.05) is 13.6 Å². The lowest BCUT2D eigenvalue weighted by Crippen LogP contribution is -2.16. The Morgan fingerprint density at radius 3 is 2.71 bits per heavy atom. The molecular weight excluding hydrogens is 290 g/mol. The highest BCUT2D eigenvalue weighted by molar-refractivity contribution is 6.16. The van der Waals surface area contributed by atoms with Crippen LogP contribution in [0.15, 0.2) is 6.33 Å². The Morgan fingerprint density at radius 2 is 2.14 bits per heavy atom. The highest BCUT2D eigenvalue weighted by atomic mass is 35.5. The van der Waals surface area contributed by atoms with Gasteiger partial charge in [0.05, 0.1) is 17.6 Å². The molecule has 1 unspecified atom stereocenters. The van der Waals surface area contributed by atoms with Crippen LogP contribution in [-0.4, -0.2) is 34.1 Å². The number of imidazole rings is 1. The molecule has 0 amide bonds. The van der Waals surface area contributed by atoms with E-state index < -0.39 is 0 Å². The first-order valence-corrected chi connectivity index (χ1v) is 7.46. The Morgan fingerprint density at radius 1 is 1.38 bits per heavy atom. The smallest absolute Gasteiger partial charge is 0.159 e. The Hall–Kier alpha value is -1.89. The van der Waals surface area contributed by atoms with Crippen molar-refractivity contribution in [3.63, 3.8) is 0 Å². The van der Waals surface area contributed by atoms with E-state index in [1.54, 1.807) is 6.33 Å². The van der Waals surface area contributed by atoms with Gasteiger partial charge in [-0.1, -0.05) is 0 Å². The van der Waals surface area contributed by atoms with Crippen molar-refractivity contribution in [1.82, 2.24) is 34.1 Å². The highest BCUT2D eigenvalue weighted by Crippen LogP contribution is 2.27. The van der Waals surface area contributed by atoms with Crippen molar-refractivity contribution in [3.8, 4) is 0 Å². The summed E-state index contributed by atoms with van der Waals surface area (Å²) < 4.78 is 5.98. The second kappa shape index (κ2) is 5.14. The lowest BCUT2D eigenvalue weighted by atomic mass is 10.3. The third-order valence-electron chi connectivity index (χ3n) is 3.74. The highest BCUT2D eigenvalue weighted by Gasteiger charge is 2.24. The molecule has 21 heavy (non-hydrogen) atoms. The summed E-state index contributed by atoms with van der Waals surface area (Å²) in [5, 5.41) is 12.7. The number of rotatable bonds is 4. The topological polar surface area (TPSA) is 66.3 Å². The lowest BCUT2D eigenvalue weighted by molar-refractivity contribution is 0.547. The first-order chi connectivity index (χ1) is 10.1. The van der Waals surface area contributed by atoms with Crippen molar-refractivity contribution in [3.05, 3.63) is 23.7 Å². The summed E-state index contributed by atoms with van der Waals surface area (Å²) in [5.41, 5.74) is 2.81. The van der Waals surface area contributed by atoms with E-state index in [1.165, 1.54) is 0 Å². The van der Waals surface area contributed by atoms with Crippen LogP contribution in [0.1, 0.15) is 37.2 Å². The summed E-state index contributed by atoms with van der Waals surface area (Å²) in [5.74, 6) is 2.03. The molecule has 3 rings (SSSR count). The molecule has 1 atom stereocenters. The van der Waals surface area contributed by atoms with Crippen molar-refractivity contribution >= 4 is 22.8 Å². The van der Waals surface area contributed by atoms with E-state index in [4.69, 9.17) is 11.6 Å². The van der Waals surface area contributed by atoms with Crippen molar-refractivity contribution in [2.45, 2.75) is 39.2 Å². The van der Waals surface area contributed by atoms with Crippen molar-refractivity contribution in [2.24, 2.45) is 7.05 Å². The molecule has 112 valence electrons. The summed E-state index contributed by atoms with van der Waals surface area (Å²) in [6.07, 6.45) is 1.70. The van der Waals surface area contributed by atoms with Gasteiger partial charge in [0.15, 0.2) is 11.5 Å². The van der Waals surface area contributed by atoms with Gasteiger partial charge < -0.3 is 9.13 Å². The Kier molecular flexibility index (Phi) is 3.44. The van der Waals surface area contributed by atoms with Crippen LogP contribution < -0.4 is 0 Å². The molecule has 0 radical (unpaired) electrons. The molecule has 8 heteroatoms. The van der Waals surface area contributed by atoms with Gasteiger partial charge >= 0.3 is 0 Å². The maximum absolute atomic E-state index is 6.10. The number of alkyl halides is 1. The van der Waals surface area contributed by atoms with E-state index in [0.29, 0.717) is 5.88 Å². The summed E-state index contributed by atoms with van der Waals surface area (Å²) in [4.78, 5) is 4.65. The van der Waals surface area contributed by atoms with Crippen LogP contribution in [0.3, 0.4) is 0 Å². The van der Waals surface area contributed by atoms with Crippen LogP contribution >= 0.6 is 11.6 Å². The van der Waals surface area contributed by atoms with Crippen molar-refractivity contribution in [1.29, 1.82) is 0 Å². The number of aryl methyl sites for hydroxylation is 3. The fourth-order valence-corrected chi connectivity index (χ4v) is 2.93. The third kappa shape index (κ3) is 2.03. The van der Waals surface area contributed by atoms with E-state index >= 15 is 0 Å². The molecule has 3 heterocycles. The van der Waals surface area contributed by atoms with Crippen molar-refractivity contribution in [2.75, 3.05) is 0 Å². The van der Waals surface area contributed by atoms with Crippen LogP contribution in [0.4, 0.5) is 0 Å². The monoisotopic (exact) mass is 307 g/mol. The predicted octanol–water partition coefficient (Wildman–Crippen LogP) is 2.04. The zero-order valence-electron chi connectivity index (χ0n) is 12.6. The Labute approximate surface area is 127 Å². The number of fused-ring (bicyclic) bond motifs is 1. The van der Waals surface area contributed by atoms with Crippen LogP contribution in [0.25, 0.3) is 11.2 Å². The van der Waals surface area contributed by atoms with Gasteiger partial charge in [0.25, 0.3) is 0 Å². The van der Waals surface area contributed by atoms with Gasteiger partial charge in [-0.15, -0.1) is 21.8 Å². The zero-order valence-corrected chi connectivity index (χ0v) is 13.3. The molecule has 0 spiro atoms. The molecule has 0 aromatic carbocycles. The molecule has 0 saturated carbocycles. The standard InChI is InChI=1S/C13H18ClN7/c1-5-20-13-11(8(2)18-20)16-10(6-14)21(13)9(3)12-17-15-7-19(12)4/h7,9H,5-6H2,1-4H3. The van der Waals surface area contributed by atoms with Crippen LogP contribution in [0.5, 0.6) is 0 Å². The SMILES string of the molecule is CCn1nc(C)c2nc(CCl)n(C(C)c3nncn3C)c21. The normalized spacial score (nSPS) is 13.2. The second-order valence-corrected chi connectivity index (χ2v) is 5.35. The number of hydrogen-bond donors (Lipinski definition) is 0. The van der Waals surface area contributed by atoms with Gasteiger partial charge in [-0.25, -0.2) is 9.67 Å². The largest absolute Gasteiger partial charge is 0.319 e. The molecule has 3 aromatic heterocycles. The van der Waals surface area contributed by atoms with Gasteiger partial charge in [-0.05, 0) is 20.8 Å². The minimum Gasteiger partial charge on any atom is -0.319 e. The summed E-state index contributed by atoms with van der Waals surface area (Å²) >= 11 is 6.10. The third-order valence-corrected chi connectivity index (χ3v) is 3.98. The van der Waals surface area contributed by atoms with Crippen LogP contribution in [0.2, 0.25) is 0 Å². The summed E-state index contributed by atoms with van der Waals surface area (Å²) in [6, 6.07) is -0.0161. The molecule has 0 N–H and O–H groups in total. The van der Waals surface area contributed by atoms with Gasteiger partial charge in [-0.3, -0.25) is 0 Å². The first kappa shape index (κ1) is 14.1. The number of aromatic nitrogens is 7. The molecule has 0 saturated heterocycles. The Bertz CT molecular complexity index is 782. The molecule has 0 aliphatic carbocycles. The van der Waals surface area contributed by atoms with E-state index in [0.717, 1.165) is 35.1 Å². The average molecular weight is 308 g/mol. The van der Waals surface area contributed by atoms with Crippen LogP contribution in [0, 0.1) is 6.92 Å². The lowest BCUT2D eigenvalue weighted by Gasteiger charge is -2.16. The minimum atomic E-state index is -0.0161. The van der Waals surface area contributed by atoms with E-state index in [2.05, 4.69) is 38.7 Å². The average Bonchev–Trinajstić information content (AvgIpc) is 3.13. The molecule has 0 aliphatic rings. The number of nitrogens with zero attached hydrogens (tertiary/aromatic N) is 7. The second-order valence-electron chi connectivity index (χ2n) is 5.08. The molecule has 3 aromatic rings. The van der Waals surface area contributed by atoms with Gasteiger partial charge in [0.1, 0.15) is 17.7 Å². The van der Waals surface area contributed by atoms with Gasteiger partial charge in [0.2, 0.25) is 0 Å². The summed E-state index contributed by atoms with van der Waals surface area (Å²) in [7, 11) is 1.93. The van der Waals surface area contributed by atoms with E-state index in [9.17, 15) is 0 Å². The summed E-state index contributed by atoms with van der Waals surface area (Å²) in [6.45, 7) is 6.89. The molecule has 0 fully saturated rings. The zero-order chi connectivity index (χ0) is 15.1. The fraction of sp³-hybridized carbons (Fsp3) is 0.538. The van der Waals surface area contributed by atoms with Crippen molar-refractivity contribution < 1.29 is 0 Å². The van der Waals surface area contributed by atoms with E-state index in [-0.39, 0.29) is 6.04 Å². The predicted molar refractivity (Wildman–Crippen MR) is 80.3 cm³/mol. The van der Waals surface area contributed by atoms with Crippen LogP contribution in [-0.2, 0) is 19.5 Å². The number of halogens is 1. The molecule has 7 nitrogen and oxygen atoms in total. The first-order valence-electron chi connectivity index (χ1n) is 6.92. The quantitative estimate of drug-likeness (QED) is 0.692. The molecule has 0 aliphatic heterocycles. The van der Waals surface area contributed by atoms with Gasteiger partial charge in [-0.2, -0.15) is 5.10 Å². The van der Waals surface area contributed by atoms with E-state index in [1.807, 2.05) is 23.2 Å².